The number of nitrogens with zero attached hydrogens (tertiary/aromatic N) is 3. The number of aromatic nitrogens is 2. The number of likely N-dealkylation sites (tertiary alicyclic amines) is 1. The predicted octanol–water partition coefficient (Wildman–Crippen LogP) is 5.01. The minimum absolute atomic E-state index is 0.109. The van der Waals surface area contributed by atoms with Gasteiger partial charge in [-0.1, -0.05) is 11.6 Å². The molecule has 138 valence electrons. The number of carbonyl (C=O) groups excluding carboxylic acids is 1. The van der Waals surface area contributed by atoms with Gasteiger partial charge in [-0.3, -0.25) is 9.78 Å². The fourth-order valence-electron chi connectivity index (χ4n) is 4.14. The van der Waals surface area contributed by atoms with Crippen LogP contribution in [-0.2, 0) is 0 Å². The molecule has 0 radical (unpaired) electrons. The maximum absolute atomic E-state index is 13.6. The molecule has 3 heterocycles. The van der Waals surface area contributed by atoms with Crippen molar-refractivity contribution in [3.63, 3.8) is 0 Å². The number of piperidine rings is 1. The zero-order valence-corrected chi connectivity index (χ0v) is 16.1. The number of amides is 1. The van der Waals surface area contributed by atoms with Crippen LogP contribution in [0.5, 0.6) is 0 Å². The van der Waals surface area contributed by atoms with Gasteiger partial charge in [0.2, 0.25) is 0 Å². The number of hydrogen-bond donors (Lipinski definition) is 0. The van der Waals surface area contributed by atoms with E-state index in [2.05, 4.69) is 36.7 Å². The van der Waals surface area contributed by atoms with Crippen molar-refractivity contribution in [3.8, 4) is 11.3 Å². The van der Waals surface area contributed by atoms with Crippen LogP contribution in [0, 0.1) is 6.92 Å². The minimum Gasteiger partial charge on any atom is -0.333 e. The van der Waals surface area contributed by atoms with Crippen LogP contribution in [0.15, 0.2) is 48.8 Å². The third-order valence-corrected chi connectivity index (χ3v) is 5.58. The SMILES string of the molecule is Cc1ccc2nc(-c3cccnc3)cc(C(=O)N3[C@H](C)CCC[C@H]3C)c2c1. The van der Waals surface area contributed by atoms with Gasteiger partial charge in [-0.15, -0.1) is 0 Å². The van der Waals surface area contributed by atoms with E-state index in [4.69, 9.17) is 4.98 Å². The first-order valence-electron chi connectivity index (χ1n) is 9.69. The van der Waals surface area contributed by atoms with Gasteiger partial charge in [-0.05, 0) is 70.4 Å². The normalized spacial score (nSPS) is 20.0. The average molecular weight is 359 g/mol. The highest BCUT2D eigenvalue weighted by molar-refractivity contribution is 6.07. The van der Waals surface area contributed by atoms with Crippen LogP contribution in [0.3, 0.4) is 0 Å². The summed E-state index contributed by atoms with van der Waals surface area (Å²) in [5.74, 6) is 0.109. The number of aryl methyl sites for hydroxylation is 1. The molecule has 0 N–H and O–H groups in total. The number of rotatable bonds is 2. The molecular formula is C23H25N3O. The largest absolute Gasteiger partial charge is 0.333 e. The molecule has 0 saturated carbocycles. The van der Waals surface area contributed by atoms with Crippen LogP contribution in [0.4, 0.5) is 0 Å². The first-order valence-corrected chi connectivity index (χ1v) is 9.69. The molecule has 2 atom stereocenters. The summed E-state index contributed by atoms with van der Waals surface area (Å²) in [5, 5.41) is 0.928. The molecule has 4 rings (SSSR count). The van der Waals surface area contributed by atoms with Gasteiger partial charge < -0.3 is 4.90 Å². The van der Waals surface area contributed by atoms with Gasteiger partial charge in [0.25, 0.3) is 5.91 Å². The molecule has 1 fully saturated rings. The van der Waals surface area contributed by atoms with Crippen LogP contribution in [0.2, 0.25) is 0 Å². The van der Waals surface area contributed by atoms with Crippen LogP contribution >= 0.6 is 0 Å². The number of carbonyl (C=O) groups is 1. The van der Waals surface area contributed by atoms with E-state index in [1.54, 1.807) is 12.4 Å². The molecule has 1 amide bonds. The molecular weight excluding hydrogens is 334 g/mol. The quantitative estimate of drug-likeness (QED) is 0.646. The number of benzene rings is 1. The average Bonchev–Trinajstić information content (AvgIpc) is 2.67. The maximum atomic E-state index is 13.6. The molecule has 27 heavy (non-hydrogen) atoms. The lowest BCUT2D eigenvalue weighted by atomic mass is 9.95. The summed E-state index contributed by atoms with van der Waals surface area (Å²) in [6.45, 7) is 6.36. The predicted molar refractivity (Wildman–Crippen MR) is 109 cm³/mol. The fourth-order valence-corrected chi connectivity index (χ4v) is 4.14. The van der Waals surface area contributed by atoms with Gasteiger partial charge in [0, 0.05) is 35.4 Å². The topological polar surface area (TPSA) is 46.1 Å². The summed E-state index contributed by atoms with van der Waals surface area (Å²) in [7, 11) is 0. The van der Waals surface area contributed by atoms with E-state index in [1.165, 1.54) is 6.42 Å². The lowest BCUT2D eigenvalue weighted by molar-refractivity contribution is 0.0513. The molecule has 1 aromatic carbocycles. The molecule has 0 bridgehead atoms. The van der Waals surface area contributed by atoms with E-state index >= 15 is 0 Å². The van der Waals surface area contributed by atoms with Gasteiger partial charge in [0.1, 0.15) is 0 Å². The first-order chi connectivity index (χ1) is 13.0. The Morgan fingerprint density at radius 1 is 1.11 bits per heavy atom. The Balaban J connectivity index is 1.89. The highest BCUT2D eigenvalue weighted by Gasteiger charge is 2.31. The van der Waals surface area contributed by atoms with Gasteiger partial charge in [0.05, 0.1) is 16.8 Å². The van der Waals surface area contributed by atoms with Crippen molar-refractivity contribution >= 4 is 16.8 Å². The highest BCUT2D eigenvalue weighted by atomic mass is 16.2. The second-order valence-corrected chi connectivity index (χ2v) is 7.66. The molecule has 3 aromatic rings. The summed E-state index contributed by atoms with van der Waals surface area (Å²) >= 11 is 0. The number of hydrogen-bond acceptors (Lipinski definition) is 3. The van der Waals surface area contributed by atoms with Gasteiger partial charge in [-0.2, -0.15) is 0 Å². The van der Waals surface area contributed by atoms with E-state index in [0.717, 1.165) is 46.1 Å². The zero-order chi connectivity index (χ0) is 19.0. The Morgan fingerprint density at radius 2 is 1.89 bits per heavy atom. The van der Waals surface area contributed by atoms with Crippen LogP contribution in [0.1, 0.15) is 49.0 Å². The Bertz CT molecular complexity index is 974. The highest BCUT2D eigenvalue weighted by Crippen LogP contribution is 2.30. The first kappa shape index (κ1) is 17.7. The zero-order valence-electron chi connectivity index (χ0n) is 16.1. The van der Waals surface area contributed by atoms with Crippen molar-refractivity contribution in [2.75, 3.05) is 0 Å². The smallest absolute Gasteiger partial charge is 0.255 e. The Kier molecular flexibility index (Phi) is 4.65. The van der Waals surface area contributed by atoms with Crippen molar-refractivity contribution in [2.45, 2.75) is 52.1 Å². The molecule has 1 aliphatic heterocycles. The van der Waals surface area contributed by atoms with Crippen LogP contribution < -0.4 is 0 Å². The maximum Gasteiger partial charge on any atom is 0.255 e. The fraction of sp³-hybridized carbons (Fsp3) is 0.348. The van der Waals surface area contributed by atoms with E-state index in [9.17, 15) is 4.79 Å². The van der Waals surface area contributed by atoms with Crippen molar-refractivity contribution in [2.24, 2.45) is 0 Å². The Morgan fingerprint density at radius 3 is 2.59 bits per heavy atom. The van der Waals surface area contributed by atoms with Crippen molar-refractivity contribution in [3.05, 3.63) is 59.9 Å². The third kappa shape index (κ3) is 3.32. The van der Waals surface area contributed by atoms with Crippen molar-refractivity contribution in [1.29, 1.82) is 0 Å². The minimum atomic E-state index is 0.109. The summed E-state index contributed by atoms with van der Waals surface area (Å²) < 4.78 is 0. The second-order valence-electron chi connectivity index (χ2n) is 7.66. The summed E-state index contributed by atoms with van der Waals surface area (Å²) in [6, 6.07) is 12.5. The second kappa shape index (κ2) is 7.10. The van der Waals surface area contributed by atoms with E-state index in [1.807, 2.05) is 30.3 Å². The molecule has 1 aliphatic rings. The van der Waals surface area contributed by atoms with Gasteiger partial charge in [-0.25, -0.2) is 4.98 Å². The van der Waals surface area contributed by atoms with Gasteiger partial charge in [0.15, 0.2) is 0 Å². The number of fused-ring (bicyclic) bond motifs is 1. The molecule has 2 aromatic heterocycles. The summed E-state index contributed by atoms with van der Waals surface area (Å²) in [6.07, 6.45) is 6.85. The lowest BCUT2D eigenvalue weighted by Crippen LogP contribution is -2.47. The van der Waals surface area contributed by atoms with Gasteiger partial charge >= 0.3 is 0 Å². The molecule has 0 aliphatic carbocycles. The van der Waals surface area contributed by atoms with Crippen LogP contribution in [-0.4, -0.2) is 32.9 Å². The van der Waals surface area contributed by atoms with E-state index in [0.29, 0.717) is 0 Å². The standard InChI is InChI=1S/C23H25N3O/c1-15-9-10-21-19(12-15)20(13-22(25-21)18-8-5-11-24-14-18)23(27)26-16(2)6-4-7-17(26)3/h5,8-14,16-17H,4,6-7H2,1-3H3/t16-,17-/m1/s1. The monoisotopic (exact) mass is 359 g/mol. The molecule has 1 saturated heterocycles. The number of pyridine rings is 2. The van der Waals surface area contributed by atoms with E-state index in [-0.39, 0.29) is 18.0 Å². The van der Waals surface area contributed by atoms with E-state index < -0.39 is 0 Å². The molecule has 0 unspecified atom stereocenters. The van der Waals surface area contributed by atoms with Crippen molar-refractivity contribution < 1.29 is 4.79 Å². The molecule has 4 heteroatoms. The van der Waals surface area contributed by atoms with Crippen molar-refractivity contribution in [1.82, 2.24) is 14.9 Å². The molecule has 4 nitrogen and oxygen atoms in total. The lowest BCUT2D eigenvalue weighted by Gasteiger charge is -2.39. The Hall–Kier alpha value is -2.75. The molecule has 0 spiro atoms. The summed E-state index contributed by atoms with van der Waals surface area (Å²) in [4.78, 5) is 24.7. The Labute approximate surface area is 160 Å². The third-order valence-electron chi connectivity index (χ3n) is 5.58. The summed E-state index contributed by atoms with van der Waals surface area (Å²) in [5.41, 5.74) is 4.44. The van der Waals surface area contributed by atoms with Crippen LogP contribution in [0.25, 0.3) is 22.2 Å².